The molecule has 2 N–H and O–H groups in total. The molecule has 1 aromatic rings. The molecule has 0 amide bonds. The van der Waals surface area contributed by atoms with E-state index in [1.165, 1.54) is 0 Å². The van der Waals surface area contributed by atoms with Gasteiger partial charge in [-0.05, 0) is 32.4 Å². The maximum Gasteiger partial charge on any atom is 0.195 e. The fraction of sp³-hybridized carbons (Fsp3) is 0.611. The summed E-state index contributed by atoms with van der Waals surface area (Å²) in [6.45, 7) is 7.94. The van der Waals surface area contributed by atoms with Gasteiger partial charge in [0.2, 0.25) is 0 Å². The first-order chi connectivity index (χ1) is 12.2. The number of rotatable bonds is 12. The molecule has 1 rings (SSSR count). The van der Waals surface area contributed by atoms with Gasteiger partial charge in [0.1, 0.15) is 0 Å². The van der Waals surface area contributed by atoms with Crippen LogP contribution in [-0.2, 0) is 9.47 Å². The van der Waals surface area contributed by atoms with Crippen molar-refractivity contribution in [1.29, 1.82) is 0 Å². The van der Waals surface area contributed by atoms with E-state index in [2.05, 4.69) is 15.6 Å². The van der Waals surface area contributed by atoms with E-state index >= 15 is 0 Å². The average molecular weight is 353 g/mol. The van der Waals surface area contributed by atoms with Crippen molar-refractivity contribution in [2.45, 2.75) is 20.3 Å². The first kappa shape index (κ1) is 21.1. The van der Waals surface area contributed by atoms with E-state index in [0.717, 1.165) is 30.4 Å². The number of nitrogens with zero attached hydrogens (tertiary/aromatic N) is 1. The van der Waals surface area contributed by atoms with Crippen LogP contribution in [0.15, 0.2) is 23.2 Å². The van der Waals surface area contributed by atoms with Gasteiger partial charge < -0.3 is 29.6 Å². The van der Waals surface area contributed by atoms with Crippen LogP contribution >= 0.6 is 0 Å². The SMILES string of the molecule is CCNC(=NCCCOCCOC)Nc1ccc(OCC)c(OC)c1. The summed E-state index contributed by atoms with van der Waals surface area (Å²) in [6.07, 6.45) is 0.854. The number of guanidine groups is 1. The molecule has 0 aromatic heterocycles. The molecule has 7 nitrogen and oxygen atoms in total. The molecule has 0 atom stereocenters. The lowest BCUT2D eigenvalue weighted by atomic mass is 10.2. The van der Waals surface area contributed by atoms with E-state index in [1.54, 1.807) is 14.2 Å². The summed E-state index contributed by atoms with van der Waals surface area (Å²) in [4.78, 5) is 4.55. The minimum absolute atomic E-state index is 0.597. The molecule has 0 spiro atoms. The molecule has 0 aliphatic carbocycles. The third-order valence-electron chi connectivity index (χ3n) is 3.22. The Bertz CT molecular complexity index is 509. The molecule has 142 valence electrons. The maximum absolute atomic E-state index is 5.53. The van der Waals surface area contributed by atoms with Crippen LogP contribution in [0.1, 0.15) is 20.3 Å². The van der Waals surface area contributed by atoms with Crippen LogP contribution in [-0.4, -0.2) is 59.7 Å². The quantitative estimate of drug-likeness (QED) is 0.342. The molecule has 0 aliphatic heterocycles. The fourth-order valence-corrected chi connectivity index (χ4v) is 2.07. The summed E-state index contributed by atoms with van der Waals surface area (Å²) < 4.78 is 21.3. The van der Waals surface area contributed by atoms with Crippen molar-refractivity contribution in [3.05, 3.63) is 18.2 Å². The average Bonchev–Trinajstić information content (AvgIpc) is 2.62. The largest absolute Gasteiger partial charge is 0.493 e. The Morgan fingerprint density at radius 1 is 1.08 bits per heavy atom. The van der Waals surface area contributed by atoms with Crippen molar-refractivity contribution in [2.24, 2.45) is 4.99 Å². The number of benzene rings is 1. The summed E-state index contributed by atoms with van der Waals surface area (Å²) in [5.41, 5.74) is 0.886. The molecule has 25 heavy (non-hydrogen) atoms. The Morgan fingerprint density at radius 2 is 1.92 bits per heavy atom. The molecule has 7 heteroatoms. The van der Waals surface area contributed by atoms with Crippen molar-refractivity contribution in [2.75, 3.05) is 59.1 Å². The summed E-state index contributed by atoms with van der Waals surface area (Å²) in [5, 5.41) is 6.50. The van der Waals surface area contributed by atoms with Gasteiger partial charge in [-0.15, -0.1) is 0 Å². The van der Waals surface area contributed by atoms with Gasteiger partial charge in [0.15, 0.2) is 17.5 Å². The van der Waals surface area contributed by atoms with Crippen molar-refractivity contribution >= 4 is 11.6 Å². The number of hydrogen-bond acceptors (Lipinski definition) is 5. The highest BCUT2D eigenvalue weighted by molar-refractivity contribution is 5.93. The maximum atomic E-state index is 5.53. The van der Waals surface area contributed by atoms with Gasteiger partial charge >= 0.3 is 0 Å². The minimum atomic E-state index is 0.597. The second-order valence-corrected chi connectivity index (χ2v) is 5.14. The summed E-state index contributed by atoms with van der Waals surface area (Å²) >= 11 is 0. The highest BCUT2D eigenvalue weighted by Crippen LogP contribution is 2.30. The van der Waals surface area contributed by atoms with E-state index in [0.29, 0.717) is 38.7 Å². The van der Waals surface area contributed by atoms with Gasteiger partial charge in [-0.2, -0.15) is 0 Å². The predicted octanol–water partition coefficient (Wildman–Crippen LogP) is 2.52. The first-order valence-corrected chi connectivity index (χ1v) is 8.68. The number of anilines is 1. The molecule has 0 saturated heterocycles. The Labute approximate surface area is 150 Å². The summed E-state index contributed by atoms with van der Waals surface area (Å²) in [5.74, 6) is 2.14. The highest BCUT2D eigenvalue weighted by atomic mass is 16.5. The van der Waals surface area contributed by atoms with Crippen LogP contribution < -0.4 is 20.1 Å². The van der Waals surface area contributed by atoms with Crippen molar-refractivity contribution in [1.82, 2.24) is 5.32 Å². The number of aliphatic imine (C=N–C) groups is 1. The smallest absolute Gasteiger partial charge is 0.195 e. The third-order valence-corrected chi connectivity index (χ3v) is 3.22. The number of hydrogen-bond donors (Lipinski definition) is 2. The topological polar surface area (TPSA) is 73.3 Å². The molecule has 0 aliphatic rings. The second-order valence-electron chi connectivity index (χ2n) is 5.14. The third kappa shape index (κ3) is 8.60. The Balaban J connectivity index is 2.57. The second kappa shape index (κ2) is 13.3. The molecule has 0 bridgehead atoms. The van der Waals surface area contributed by atoms with Gasteiger partial charge in [0, 0.05) is 38.6 Å². The minimum Gasteiger partial charge on any atom is -0.493 e. The van der Waals surface area contributed by atoms with E-state index in [1.807, 2.05) is 32.0 Å². The van der Waals surface area contributed by atoms with Gasteiger partial charge in [-0.25, -0.2) is 0 Å². The summed E-state index contributed by atoms with van der Waals surface area (Å²) in [7, 11) is 3.29. The van der Waals surface area contributed by atoms with Gasteiger partial charge in [-0.3, -0.25) is 4.99 Å². The summed E-state index contributed by atoms with van der Waals surface area (Å²) in [6, 6.07) is 5.72. The first-order valence-electron chi connectivity index (χ1n) is 8.68. The Hall–Kier alpha value is -1.99. The zero-order chi connectivity index (χ0) is 18.3. The number of methoxy groups -OCH3 is 2. The molecular formula is C18H31N3O4. The van der Waals surface area contributed by atoms with Crippen LogP contribution in [0.5, 0.6) is 11.5 Å². The molecular weight excluding hydrogens is 322 g/mol. The molecule has 0 radical (unpaired) electrons. The Morgan fingerprint density at radius 3 is 2.60 bits per heavy atom. The number of nitrogens with one attached hydrogen (secondary N) is 2. The van der Waals surface area contributed by atoms with Crippen LogP contribution in [0.2, 0.25) is 0 Å². The van der Waals surface area contributed by atoms with Crippen molar-refractivity contribution in [3.63, 3.8) is 0 Å². The van der Waals surface area contributed by atoms with Gasteiger partial charge in [-0.1, -0.05) is 0 Å². The monoisotopic (exact) mass is 353 g/mol. The van der Waals surface area contributed by atoms with E-state index in [-0.39, 0.29) is 0 Å². The van der Waals surface area contributed by atoms with Crippen LogP contribution in [0.4, 0.5) is 5.69 Å². The zero-order valence-corrected chi connectivity index (χ0v) is 15.8. The van der Waals surface area contributed by atoms with E-state index in [4.69, 9.17) is 18.9 Å². The molecule has 0 fully saturated rings. The van der Waals surface area contributed by atoms with Gasteiger partial charge in [0.05, 0.1) is 26.9 Å². The predicted molar refractivity (Wildman–Crippen MR) is 101 cm³/mol. The number of ether oxygens (including phenoxy) is 4. The Kier molecular flexibility index (Phi) is 11.2. The lowest BCUT2D eigenvalue weighted by Gasteiger charge is -2.14. The van der Waals surface area contributed by atoms with E-state index in [9.17, 15) is 0 Å². The van der Waals surface area contributed by atoms with Crippen molar-refractivity contribution < 1.29 is 18.9 Å². The van der Waals surface area contributed by atoms with Crippen LogP contribution in [0.25, 0.3) is 0 Å². The standard InChI is InChI=1S/C18H31N3O4/c1-5-19-18(20-10-7-11-24-13-12-22-3)21-15-8-9-16(25-6-2)17(14-15)23-4/h8-9,14H,5-7,10-13H2,1-4H3,(H2,19,20,21). The molecule has 0 saturated carbocycles. The van der Waals surface area contributed by atoms with E-state index < -0.39 is 0 Å². The van der Waals surface area contributed by atoms with Crippen LogP contribution in [0.3, 0.4) is 0 Å². The lowest BCUT2D eigenvalue weighted by Crippen LogP contribution is -2.30. The molecule has 0 heterocycles. The zero-order valence-electron chi connectivity index (χ0n) is 15.8. The fourth-order valence-electron chi connectivity index (χ4n) is 2.07. The molecule has 0 unspecified atom stereocenters. The van der Waals surface area contributed by atoms with Gasteiger partial charge in [0.25, 0.3) is 0 Å². The lowest BCUT2D eigenvalue weighted by molar-refractivity contribution is 0.0702. The van der Waals surface area contributed by atoms with Crippen LogP contribution in [0, 0.1) is 0 Å². The molecule has 1 aromatic carbocycles. The normalized spacial score (nSPS) is 11.3. The van der Waals surface area contributed by atoms with Crippen molar-refractivity contribution in [3.8, 4) is 11.5 Å². The highest BCUT2D eigenvalue weighted by Gasteiger charge is 2.06.